The van der Waals surface area contributed by atoms with Gasteiger partial charge in [0.05, 0.1) is 18.2 Å². The van der Waals surface area contributed by atoms with Crippen molar-refractivity contribution in [3.05, 3.63) is 23.3 Å². The van der Waals surface area contributed by atoms with E-state index in [1.807, 2.05) is 31.9 Å². The van der Waals surface area contributed by atoms with Crippen molar-refractivity contribution in [1.82, 2.24) is 0 Å². The van der Waals surface area contributed by atoms with E-state index < -0.39 is 5.97 Å². The maximum Gasteiger partial charge on any atom is 0.305 e. The Morgan fingerprint density at radius 3 is 2.88 bits per heavy atom. The van der Waals surface area contributed by atoms with Crippen molar-refractivity contribution in [2.75, 3.05) is 18.6 Å². The molecule has 0 saturated heterocycles. The van der Waals surface area contributed by atoms with Crippen molar-refractivity contribution in [1.29, 1.82) is 0 Å². The van der Waals surface area contributed by atoms with Crippen LogP contribution in [0, 0.1) is 13.8 Å². The monoisotopic (exact) mass is 235 g/mol. The molecule has 0 fully saturated rings. The number of ether oxygens (including phenoxy) is 1. The highest BCUT2D eigenvalue weighted by Gasteiger charge is 2.27. The summed E-state index contributed by atoms with van der Waals surface area (Å²) >= 11 is 0. The van der Waals surface area contributed by atoms with E-state index in [4.69, 9.17) is 9.84 Å². The minimum absolute atomic E-state index is 0.0961. The van der Waals surface area contributed by atoms with Crippen LogP contribution in [0.25, 0.3) is 0 Å². The van der Waals surface area contributed by atoms with Crippen LogP contribution in [-0.4, -0.2) is 30.8 Å². The number of likely N-dealkylation sites (N-methyl/N-ethyl adjacent to an activating group) is 1. The highest BCUT2D eigenvalue weighted by atomic mass is 16.5. The van der Waals surface area contributed by atoms with Crippen LogP contribution in [0.2, 0.25) is 0 Å². The highest BCUT2D eigenvalue weighted by molar-refractivity contribution is 5.71. The minimum atomic E-state index is -0.793. The Kier molecular flexibility index (Phi) is 2.96. The van der Waals surface area contributed by atoms with Crippen LogP contribution in [0.1, 0.15) is 17.5 Å². The number of hydrogen-bond donors (Lipinski definition) is 1. The number of hydrogen-bond acceptors (Lipinski definition) is 3. The zero-order valence-corrected chi connectivity index (χ0v) is 10.4. The van der Waals surface area contributed by atoms with Crippen LogP contribution in [0.5, 0.6) is 5.75 Å². The fourth-order valence-corrected chi connectivity index (χ4v) is 2.27. The summed E-state index contributed by atoms with van der Waals surface area (Å²) in [6.45, 7) is 4.47. The topological polar surface area (TPSA) is 49.8 Å². The summed E-state index contributed by atoms with van der Waals surface area (Å²) < 4.78 is 5.69. The molecule has 1 aliphatic rings. The van der Waals surface area contributed by atoms with E-state index in [-0.39, 0.29) is 12.5 Å². The molecule has 1 atom stereocenters. The lowest BCUT2D eigenvalue weighted by atomic mass is 10.0. The van der Waals surface area contributed by atoms with Gasteiger partial charge in [0, 0.05) is 7.05 Å². The molecule has 1 heterocycles. The first-order valence-electron chi connectivity index (χ1n) is 5.67. The maximum atomic E-state index is 10.8. The summed E-state index contributed by atoms with van der Waals surface area (Å²) in [6.07, 6.45) is 0.100. The number of carbonyl (C=O) groups is 1. The fraction of sp³-hybridized carbons (Fsp3) is 0.462. The highest BCUT2D eigenvalue weighted by Crippen LogP contribution is 2.37. The Morgan fingerprint density at radius 2 is 2.24 bits per heavy atom. The Hall–Kier alpha value is -1.71. The van der Waals surface area contributed by atoms with E-state index in [1.54, 1.807) is 0 Å². The van der Waals surface area contributed by atoms with Crippen molar-refractivity contribution in [2.45, 2.75) is 26.3 Å². The molecule has 0 aromatic heterocycles. The molecular weight excluding hydrogens is 218 g/mol. The third-order valence-corrected chi connectivity index (χ3v) is 3.16. The first-order chi connectivity index (χ1) is 7.99. The molecule has 0 saturated carbocycles. The number of nitrogens with zero attached hydrogens (tertiary/aromatic N) is 1. The van der Waals surface area contributed by atoms with Crippen LogP contribution in [0.4, 0.5) is 5.69 Å². The van der Waals surface area contributed by atoms with Gasteiger partial charge in [0.25, 0.3) is 0 Å². The number of fused-ring (bicyclic) bond motifs is 1. The van der Waals surface area contributed by atoms with E-state index in [0.717, 1.165) is 22.6 Å². The summed E-state index contributed by atoms with van der Waals surface area (Å²) in [5, 5.41) is 8.86. The molecule has 4 heteroatoms. The Bertz CT molecular complexity index is 456. The molecule has 1 aliphatic heterocycles. The summed E-state index contributed by atoms with van der Waals surface area (Å²) in [6, 6.07) is 4.02. The van der Waals surface area contributed by atoms with Gasteiger partial charge < -0.3 is 14.7 Å². The number of carboxylic acids is 1. The summed E-state index contributed by atoms with van der Waals surface area (Å²) in [7, 11) is 1.92. The number of aryl methyl sites for hydroxylation is 2. The molecule has 0 bridgehead atoms. The second kappa shape index (κ2) is 4.28. The second-order valence-corrected chi connectivity index (χ2v) is 4.60. The Labute approximate surface area is 101 Å². The molecule has 0 radical (unpaired) electrons. The summed E-state index contributed by atoms with van der Waals surface area (Å²) in [5.41, 5.74) is 3.24. The van der Waals surface area contributed by atoms with Crippen molar-refractivity contribution in [3.63, 3.8) is 0 Å². The van der Waals surface area contributed by atoms with Gasteiger partial charge in [-0.25, -0.2) is 0 Å². The molecule has 0 aliphatic carbocycles. The number of carboxylic acid groups (broad SMARTS) is 1. The first kappa shape index (κ1) is 11.8. The number of rotatable bonds is 2. The van der Waals surface area contributed by atoms with Crippen LogP contribution >= 0.6 is 0 Å². The van der Waals surface area contributed by atoms with Gasteiger partial charge in [-0.3, -0.25) is 4.79 Å². The van der Waals surface area contributed by atoms with Gasteiger partial charge in [0.15, 0.2) is 0 Å². The largest absolute Gasteiger partial charge is 0.489 e. The van der Waals surface area contributed by atoms with Gasteiger partial charge >= 0.3 is 5.97 Å². The summed E-state index contributed by atoms with van der Waals surface area (Å²) in [4.78, 5) is 12.8. The SMILES string of the molecule is Cc1cc(C)c2c(c1)N(C)C(CC(=O)O)CO2. The lowest BCUT2D eigenvalue weighted by Crippen LogP contribution is -2.42. The van der Waals surface area contributed by atoms with E-state index in [9.17, 15) is 4.79 Å². The van der Waals surface area contributed by atoms with Gasteiger partial charge in [-0.15, -0.1) is 0 Å². The van der Waals surface area contributed by atoms with Crippen LogP contribution in [-0.2, 0) is 4.79 Å². The van der Waals surface area contributed by atoms with Crippen LogP contribution in [0.3, 0.4) is 0 Å². The molecule has 1 unspecified atom stereocenters. The predicted octanol–water partition coefficient (Wildman–Crippen LogP) is 1.98. The number of aliphatic carboxylic acids is 1. The molecule has 4 nitrogen and oxygen atoms in total. The second-order valence-electron chi connectivity index (χ2n) is 4.60. The van der Waals surface area contributed by atoms with Gasteiger partial charge in [-0.1, -0.05) is 6.07 Å². The van der Waals surface area contributed by atoms with Crippen molar-refractivity contribution < 1.29 is 14.6 Å². The standard InChI is InChI=1S/C13H17NO3/c1-8-4-9(2)13-11(5-8)14(3)10(7-17-13)6-12(15)16/h4-5,10H,6-7H2,1-3H3,(H,15,16). The quantitative estimate of drug-likeness (QED) is 0.851. The molecule has 0 amide bonds. The predicted molar refractivity (Wildman–Crippen MR) is 65.9 cm³/mol. The molecule has 17 heavy (non-hydrogen) atoms. The van der Waals surface area contributed by atoms with Gasteiger partial charge in [0.2, 0.25) is 0 Å². The number of anilines is 1. The zero-order chi connectivity index (χ0) is 12.6. The lowest BCUT2D eigenvalue weighted by molar-refractivity contribution is -0.137. The van der Waals surface area contributed by atoms with Crippen molar-refractivity contribution >= 4 is 11.7 Å². The molecule has 1 N–H and O–H groups in total. The zero-order valence-electron chi connectivity index (χ0n) is 10.4. The Balaban J connectivity index is 2.34. The van der Waals surface area contributed by atoms with E-state index >= 15 is 0 Å². The molecule has 0 spiro atoms. The molecule has 1 aromatic rings. The normalized spacial score (nSPS) is 18.5. The summed E-state index contributed by atoms with van der Waals surface area (Å²) in [5.74, 6) is 0.0815. The fourth-order valence-electron chi connectivity index (χ4n) is 2.27. The van der Waals surface area contributed by atoms with E-state index in [0.29, 0.717) is 6.61 Å². The van der Waals surface area contributed by atoms with Gasteiger partial charge in [-0.2, -0.15) is 0 Å². The third kappa shape index (κ3) is 2.20. The third-order valence-electron chi connectivity index (χ3n) is 3.16. The average Bonchev–Trinajstić information content (AvgIpc) is 2.22. The van der Waals surface area contributed by atoms with E-state index in [2.05, 4.69) is 6.07 Å². The molecule has 1 aromatic carbocycles. The van der Waals surface area contributed by atoms with Crippen molar-refractivity contribution in [2.24, 2.45) is 0 Å². The first-order valence-corrected chi connectivity index (χ1v) is 5.67. The smallest absolute Gasteiger partial charge is 0.305 e. The van der Waals surface area contributed by atoms with Crippen LogP contribution < -0.4 is 9.64 Å². The minimum Gasteiger partial charge on any atom is -0.489 e. The van der Waals surface area contributed by atoms with Gasteiger partial charge in [-0.05, 0) is 31.0 Å². The number of benzene rings is 1. The molecule has 2 rings (SSSR count). The van der Waals surface area contributed by atoms with Crippen LogP contribution in [0.15, 0.2) is 12.1 Å². The lowest BCUT2D eigenvalue weighted by Gasteiger charge is -2.36. The maximum absolute atomic E-state index is 10.8. The Morgan fingerprint density at radius 1 is 1.53 bits per heavy atom. The molecular formula is C13H17NO3. The average molecular weight is 235 g/mol. The van der Waals surface area contributed by atoms with E-state index in [1.165, 1.54) is 0 Å². The molecule has 92 valence electrons. The van der Waals surface area contributed by atoms with Crippen molar-refractivity contribution in [3.8, 4) is 5.75 Å². The van der Waals surface area contributed by atoms with Gasteiger partial charge in [0.1, 0.15) is 12.4 Å².